The normalized spacial score (nSPS) is 22.4. The molecule has 6 heteroatoms. The van der Waals surface area contributed by atoms with E-state index in [1.165, 1.54) is 21.6 Å². The Morgan fingerprint density at radius 1 is 1.48 bits per heavy atom. The van der Waals surface area contributed by atoms with Gasteiger partial charge < -0.3 is 5.32 Å². The van der Waals surface area contributed by atoms with Crippen LogP contribution in [-0.4, -0.2) is 38.6 Å². The summed E-state index contributed by atoms with van der Waals surface area (Å²) in [4.78, 5) is 2.71. The summed E-state index contributed by atoms with van der Waals surface area (Å²) in [7, 11) is -3.05. The van der Waals surface area contributed by atoms with Crippen molar-refractivity contribution in [1.82, 2.24) is 9.62 Å². The smallest absolute Gasteiger partial charge is 0.211 e. The molecule has 0 radical (unpaired) electrons. The van der Waals surface area contributed by atoms with Crippen molar-refractivity contribution in [3.63, 3.8) is 0 Å². The summed E-state index contributed by atoms with van der Waals surface area (Å²) in [6.45, 7) is 8.69. The van der Waals surface area contributed by atoms with Crippen LogP contribution in [0.1, 0.15) is 41.1 Å². The molecule has 0 bridgehead atoms. The Bertz CT molecular complexity index is 580. The third-order valence-electron chi connectivity index (χ3n) is 4.21. The fraction of sp³-hybridized carbons (Fsp3) is 0.733. The third-order valence-corrected chi connectivity index (χ3v) is 6.46. The number of rotatable bonds is 5. The Kier molecular flexibility index (Phi) is 5.46. The molecule has 2 unspecified atom stereocenters. The second-order valence-corrected chi connectivity index (χ2v) is 9.57. The molecule has 2 atom stereocenters. The van der Waals surface area contributed by atoms with Gasteiger partial charge in [-0.3, -0.25) is 0 Å². The minimum Gasteiger partial charge on any atom is -0.310 e. The summed E-state index contributed by atoms with van der Waals surface area (Å²) in [6, 6.07) is 2.57. The van der Waals surface area contributed by atoms with E-state index in [9.17, 15) is 8.42 Å². The van der Waals surface area contributed by atoms with Crippen molar-refractivity contribution in [3.8, 4) is 0 Å². The van der Waals surface area contributed by atoms with E-state index in [2.05, 4.69) is 32.2 Å². The first-order valence-corrected chi connectivity index (χ1v) is 10.2. The molecule has 0 saturated carbocycles. The summed E-state index contributed by atoms with van der Waals surface area (Å²) in [5.41, 5.74) is 1.37. The van der Waals surface area contributed by atoms with Crippen LogP contribution in [0.4, 0.5) is 0 Å². The Morgan fingerprint density at radius 2 is 2.19 bits per heavy atom. The van der Waals surface area contributed by atoms with E-state index >= 15 is 0 Å². The predicted molar refractivity (Wildman–Crippen MR) is 89.4 cm³/mol. The Hall–Kier alpha value is -0.430. The van der Waals surface area contributed by atoms with Crippen LogP contribution in [0.25, 0.3) is 0 Å². The molecule has 0 aromatic carbocycles. The molecular formula is C15H26N2O2S2. The average molecular weight is 331 g/mol. The minimum absolute atomic E-state index is 0.323. The molecule has 4 nitrogen and oxygen atoms in total. The largest absolute Gasteiger partial charge is 0.310 e. The molecule has 0 amide bonds. The van der Waals surface area contributed by atoms with Gasteiger partial charge in [0.15, 0.2) is 0 Å². The Labute approximate surface area is 132 Å². The zero-order chi connectivity index (χ0) is 15.6. The zero-order valence-electron chi connectivity index (χ0n) is 13.3. The van der Waals surface area contributed by atoms with Crippen molar-refractivity contribution in [2.24, 2.45) is 5.92 Å². The van der Waals surface area contributed by atoms with Crippen LogP contribution in [0.2, 0.25) is 0 Å². The van der Waals surface area contributed by atoms with Gasteiger partial charge >= 0.3 is 0 Å². The van der Waals surface area contributed by atoms with Gasteiger partial charge in [-0.05, 0) is 57.7 Å². The van der Waals surface area contributed by atoms with Crippen LogP contribution in [0, 0.1) is 19.8 Å². The van der Waals surface area contributed by atoms with Gasteiger partial charge in [-0.2, -0.15) is 0 Å². The topological polar surface area (TPSA) is 49.4 Å². The van der Waals surface area contributed by atoms with Gasteiger partial charge in [0.2, 0.25) is 10.0 Å². The number of nitrogens with zero attached hydrogens (tertiary/aromatic N) is 1. The molecule has 0 spiro atoms. The molecule has 1 aromatic rings. The second-order valence-electron chi connectivity index (χ2n) is 6.13. The predicted octanol–water partition coefficient (Wildman–Crippen LogP) is 2.69. The van der Waals surface area contributed by atoms with Crippen LogP contribution < -0.4 is 5.32 Å². The number of aryl methyl sites for hydroxylation is 2. The second kappa shape index (κ2) is 6.77. The van der Waals surface area contributed by atoms with Crippen molar-refractivity contribution >= 4 is 21.4 Å². The van der Waals surface area contributed by atoms with E-state index in [4.69, 9.17) is 0 Å². The van der Waals surface area contributed by atoms with Crippen LogP contribution in [0.5, 0.6) is 0 Å². The van der Waals surface area contributed by atoms with E-state index in [0.29, 0.717) is 25.0 Å². The number of hydrogen-bond donors (Lipinski definition) is 1. The fourth-order valence-electron chi connectivity index (χ4n) is 3.03. The molecule has 2 heterocycles. The molecule has 21 heavy (non-hydrogen) atoms. The van der Waals surface area contributed by atoms with Gasteiger partial charge in [-0.15, -0.1) is 11.3 Å². The average Bonchev–Trinajstić information content (AvgIpc) is 2.74. The first-order chi connectivity index (χ1) is 9.77. The summed E-state index contributed by atoms with van der Waals surface area (Å²) in [6.07, 6.45) is 3.38. The molecule has 1 aliphatic heterocycles. The van der Waals surface area contributed by atoms with E-state index < -0.39 is 10.0 Å². The summed E-state index contributed by atoms with van der Waals surface area (Å²) < 4.78 is 24.9. The van der Waals surface area contributed by atoms with Gasteiger partial charge in [-0.1, -0.05) is 0 Å². The molecular weight excluding hydrogens is 304 g/mol. The first kappa shape index (κ1) is 16.9. The SMILES string of the molecule is Cc1cc(C(C)NCC2CCCN(S(C)(=O)=O)C2)c(C)s1. The monoisotopic (exact) mass is 330 g/mol. The standard InChI is InChI=1S/C15H26N2O2S2/c1-11-8-15(13(3)20-11)12(2)16-9-14-6-5-7-17(10-14)21(4,18)19/h8,12,14,16H,5-7,9-10H2,1-4H3. The zero-order valence-corrected chi connectivity index (χ0v) is 15.0. The molecule has 1 N–H and O–H groups in total. The summed E-state index contributed by atoms with van der Waals surface area (Å²) >= 11 is 1.84. The highest BCUT2D eigenvalue weighted by molar-refractivity contribution is 7.88. The molecule has 1 fully saturated rings. The lowest BCUT2D eigenvalue weighted by atomic mass is 9.99. The molecule has 1 aromatic heterocycles. The first-order valence-electron chi connectivity index (χ1n) is 7.53. The maximum absolute atomic E-state index is 11.6. The number of hydrogen-bond acceptors (Lipinski definition) is 4. The molecule has 1 aliphatic rings. The van der Waals surface area contributed by atoms with E-state index in [1.54, 1.807) is 4.31 Å². The fourth-order valence-corrected chi connectivity index (χ4v) is 4.99. The number of sulfonamides is 1. The van der Waals surface area contributed by atoms with Crippen LogP contribution >= 0.6 is 11.3 Å². The maximum atomic E-state index is 11.6. The van der Waals surface area contributed by atoms with Gasteiger partial charge in [0.1, 0.15) is 0 Å². The molecule has 120 valence electrons. The van der Waals surface area contributed by atoms with Crippen LogP contribution in [-0.2, 0) is 10.0 Å². The summed E-state index contributed by atoms with van der Waals surface area (Å²) in [5, 5.41) is 3.58. The van der Waals surface area contributed by atoms with Crippen LogP contribution in [0.3, 0.4) is 0 Å². The van der Waals surface area contributed by atoms with Crippen molar-refractivity contribution in [3.05, 3.63) is 21.4 Å². The highest BCUT2D eigenvalue weighted by atomic mass is 32.2. The minimum atomic E-state index is -3.05. The number of piperidine rings is 1. The van der Waals surface area contributed by atoms with Crippen molar-refractivity contribution in [2.45, 2.75) is 39.7 Å². The van der Waals surface area contributed by atoms with E-state index in [0.717, 1.165) is 19.4 Å². The van der Waals surface area contributed by atoms with Crippen LogP contribution in [0.15, 0.2) is 6.07 Å². The quantitative estimate of drug-likeness (QED) is 0.903. The van der Waals surface area contributed by atoms with Crippen molar-refractivity contribution in [1.29, 1.82) is 0 Å². The van der Waals surface area contributed by atoms with Crippen molar-refractivity contribution in [2.75, 3.05) is 25.9 Å². The van der Waals surface area contributed by atoms with E-state index in [1.807, 2.05) is 11.3 Å². The Morgan fingerprint density at radius 3 is 2.76 bits per heavy atom. The Balaban J connectivity index is 1.89. The molecule has 2 rings (SSSR count). The highest BCUT2D eigenvalue weighted by Crippen LogP contribution is 2.26. The highest BCUT2D eigenvalue weighted by Gasteiger charge is 2.26. The number of nitrogens with one attached hydrogen (secondary N) is 1. The lowest BCUT2D eigenvalue weighted by Crippen LogP contribution is -2.42. The number of thiophene rings is 1. The van der Waals surface area contributed by atoms with Gasteiger partial charge in [-0.25, -0.2) is 12.7 Å². The third kappa shape index (κ3) is 4.52. The van der Waals surface area contributed by atoms with Crippen molar-refractivity contribution < 1.29 is 8.42 Å². The summed E-state index contributed by atoms with van der Waals surface area (Å²) in [5.74, 6) is 0.413. The van der Waals surface area contributed by atoms with Gasteiger partial charge in [0.25, 0.3) is 0 Å². The van der Waals surface area contributed by atoms with Gasteiger partial charge in [0, 0.05) is 28.9 Å². The molecule has 1 saturated heterocycles. The molecule has 0 aliphatic carbocycles. The lowest BCUT2D eigenvalue weighted by Gasteiger charge is -2.31. The maximum Gasteiger partial charge on any atom is 0.211 e. The van der Waals surface area contributed by atoms with E-state index in [-0.39, 0.29) is 0 Å². The lowest BCUT2D eigenvalue weighted by molar-refractivity contribution is 0.257. The van der Waals surface area contributed by atoms with Gasteiger partial charge in [0.05, 0.1) is 6.26 Å².